The number of hydrogen-bond acceptors (Lipinski definition) is 4. The predicted octanol–water partition coefficient (Wildman–Crippen LogP) is 5.65. The standard InChI is InChI=1S/C21H15NO2S2/c23-20-19(26-21(24)22(20)13-15-7-3-1-4-8-15)12-18-11-17(14-25-18)16-9-5-2-6-10-16/h1-12,14H,13H2/b19-12-. The van der Waals surface area contributed by atoms with Crippen LogP contribution in [0.25, 0.3) is 17.2 Å². The highest BCUT2D eigenvalue weighted by atomic mass is 32.2. The van der Waals surface area contributed by atoms with Crippen LogP contribution >= 0.6 is 23.1 Å². The molecule has 1 aromatic heterocycles. The van der Waals surface area contributed by atoms with E-state index < -0.39 is 0 Å². The van der Waals surface area contributed by atoms with Gasteiger partial charge in [0.05, 0.1) is 11.4 Å². The summed E-state index contributed by atoms with van der Waals surface area (Å²) in [5, 5.41) is 1.85. The minimum absolute atomic E-state index is 0.218. The molecule has 4 rings (SSSR count). The van der Waals surface area contributed by atoms with E-state index in [-0.39, 0.29) is 11.1 Å². The van der Waals surface area contributed by atoms with Crippen LogP contribution in [0, 0.1) is 0 Å². The Morgan fingerprint density at radius 2 is 1.58 bits per heavy atom. The summed E-state index contributed by atoms with van der Waals surface area (Å²) in [5.41, 5.74) is 3.20. The van der Waals surface area contributed by atoms with Crippen molar-refractivity contribution in [2.75, 3.05) is 0 Å². The lowest BCUT2D eigenvalue weighted by atomic mass is 10.1. The smallest absolute Gasteiger partial charge is 0.268 e. The first-order chi connectivity index (χ1) is 12.7. The molecule has 128 valence electrons. The van der Waals surface area contributed by atoms with E-state index in [0.717, 1.165) is 33.3 Å². The Hall–Kier alpha value is -2.63. The van der Waals surface area contributed by atoms with Crippen molar-refractivity contribution in [1.82, 2.24) is 4.90 Å². The highest BCUT2D eigenvalue weighted by Gasteiger charge is 2.35. The summed E-state index contributed by atoms with van der Waals surface area (Å²) in [4.78, 5) is 27.6. The van der Waals surface area contributed by atoms with Crippen LogP contribution < -0.4 is 0 Å². The zero-order chi connectivity index (χ0) is 17.9. The number of nitrogens with zero attached hydrogens (tertiary/aromatic N) is 1. The summed E-state index contributed by atoms with van der Waals surface area (Å²) >= 11 is 2.57. The Balaban J connectivity index is 1.54. The number of imide groups is 1. The van der Waals surface area contributed by atoms with E-state index in [1.54, 1.807) is 11.3 Å². The van der Waals surface area contributed by atoms with Gasteiger partial charge < -0.3 is 0 Å². The van der Waals surface area contributed by atoms with Gasteiger partial charge in [-0.3, -0.25) is 14.5 Å². The number of hydrogen-bond donors (Lipinski definition) is 0. The Labute approximate surface area is 160 Å². The molecule has 0 spiro atoms. The van der Waals surface area contributed by atoms with Gasteiger partial charge in [-0.05, 0) is 46.0 Å². The van der Waals surface area contributed by atoms with Crippen LogP contribution in [0.15, 0.2) is 77.0 Å². The molecule has 1 aliphatic heterocycles. The van der Waals surface area contributed by atoms with Crippen molar-refractivity contribution in [2.24, 2.45) is 0 Å². The molecule has 3 nitrogen and oxygen atoms in total. The Morgan fingerprint density at radius 3 is 2.31 bits per heavy atom. The normalized spacial score (nSPS) is 15.8. The third-order valence-corrected chi connectivity index (χ3v) is 5.84. The van der Waals surface area contributed by atoms with E-state index in [2.05, 4.69) is 17.5 Å². The molecule has 0 atom stereocenters. The molecular formula is C21H15NO2S2. The second-order valence-electron chi connectivity index (χ2n) is 5.86. The maximum absolute atomic E-state index is 12.6. The maximum Gasteiger partial charge on any atom is 0.293 e. The van der Waals surface area contributed by atoms with Crippen LogP contribution in [0.4, 0.5) is 4.79 Å². The molecule has 0 bridgehead atoms. The monoisotopic (exact) mass is 377 g/mol. The molecule has 3 aromatic rings. The minimum atomic E-state index is -0.224. The topological polar surface area (TPSA) is 37.4 Å². The third kappa shape index (κ3) is 3.49. The van der Waals surface area contributed by atoms with Gasteiger partial charge in [0.2, 0.25) is 0 Å². The maximum atomic E-state index is 12.6. The first kappa shape index (κ1) is 16.8. The number of carbonyl (C=O) groups is 2. The zero-order valence-corrected chi connectivity index (χ0v) is 15.4. The van der Waals surface area contributed by atoms with Crippen molar-refractivity contribution in [1.29, 1.82) is 0 Å². The highest BCUT2D eigenvalue weighted by Crippen LogP contribution is 2.35. The fourth-order valence-electron chi connectivity index (χ4n) is 2.74. The summed E-state index contributed by atoms with van der Waals surface area (Å²) in [6.07, 6.45) is 1.81. The second kappa shape index (κ2) is 7.32. The fraction of sp³-hybridized carbons (Fsp3) is 0.0476. The average Bonchev–Trinajstić information content (AvgIpc) is 3.24. The Morgan fingerprint density at radius 1 is 0.885 bits per heavy atom. The fourth-order valence-corrected chi connectivity index (χ4v) is 4.49. The molecule has 2 heterocycles. The lowest BCUT2D eigenvalue weighted by molar-refractivity contribution is -0.123. The van der Waals surface area contributed by atoms with Crippen LogP contribution in [0.3, 0.4) is 0 Å². The molecule has 0 saturated carbocycles. The number of thioether (sulfide) groups is 1. The van der Waals surface area contributed by atoms with Crippen molar-refractivity contribution in [3.63, 3.8) is 0 Å². The van der Waals surface area contributed by atoms with Crippen LogP contribution in [0.2, 0.25) is 0 Å². The summed E-state index contributed by atoms with van der Waals surface area (Å²) in [5.74, 6) is -0.224. The average molecular weight is 377 g/mol. The van der Waals surface area contributed by atoms with Crippen LogP contribution in [0.5, 0.6) is 0 Å². The molecule has 26 heavy (non-hydrogen) atoms. The van der Waals surface area contributed by atoms with Gasteiger partial charge in [0.15, 0.2) is 0 Å². The Bertz CT molecular complexity index is 978. The van der Waals surface area contributed by atoms with E-state index >= 15 is 0 Å². The van der Waals surface area contributed by atoms with Gasteiger partial charge in [0.1, 0.15) is 0 Å². The van der Waals surface area contributed by atoms with Crippen LogP contribution in [-0.4, -0.2) is 16.0 Å². The van der Waals surface area contributed by atoms with Gasteiger partial charge in [0, 0.05) is 4.88 Å². The van der Waals surface area contributed by atoms with Crippen molar-refractivity contribution in [3.05, 3.63) is 87.5 Å². The lowest BCUT2D eigenvalue weighted by Gasteiger charge is -2.11. The first-order valence-electron chi connectivity index (χ1n) is 8.14. The molecule has 0 aliphatic carbocycles. The molecule has 5 heteroatoms. The van der Waals surface area contributed by atoms with Crippen molar-refractivity contribution in [2.45, 2.75) is 6.54 Å². The molecule has 0 N–H and O–H groups in total. The molecular weight excluding hydrogens is 362 g/mol. The van der Waals surface area contributed by atoms with Gasteiger partial charge in [-0.25, -0.2) is 0 Å². The molecule has 1 aliphatic rings. The number of carbonyl (C=O) groups excluding carboxylic acids is 2. The molecule has 2 amide bonds. The van der Waals surface area contributed by atoms with E-state index in [9.17, 15) is 9.59 Å². The second-order valence-corrected chi connectivity index (χ2v) is 7.79. The van der Waals surface area contributed by atoms with Crippen molar-refractivity contribution >= 4 is 40.3 Å². The van der Waals surface area contributed by atoms with E-state index in [4.69, 9.17) is 0 Å². The van der Waals surface area contributed by atoms with Gasteiger partial charge in [-0.2, -0.15) is 0 Å². The van der Waals surface area contributed by atoms with Gasteiger partial charge in [-0.1, -0.05) is 60.7 Å². The highest BCUT2D eigenvalue weighted by molar-refractivity contribution is 8.18. The number of thiophene rings is 1. The predicted molar refractivity (Wildman–Crippen MR) is 108 cm³/mol. The van der Waals surface area contributed by atoms with Crippen molar-refractivity contribution in [3.8, 4) is 11.1 Å². The first-order valence-corrected chi connectivity index (χ1v) is 9.83. The summed E-state index contributed by atoms with van der Waals surface area (Å²) < 4.78 is 0. The quantitative estimate of drug-likeness (QED) is 0.551. The summed E-state index contributed by atoms with van der Waals surface area (Å²) in [6, 6.07) is 21.7. The molecule has 1 saturated heterocycles. The van der Waals surface area contributed by atoms with E-state index in [1.165, 1.54) is 4.90 Å². The summed E-state index contributed by atoms with van der Waals surface area (Å²) in [6.45, 7) is 0.308. The lowest BCUT2D eigenvalue weighted by Crippen LogP contribution is -2.27. The van der Waals surface area contributed by atoms with E-state index in [0.29, 0.717) is 11.4 Å². The molecule has 0 radical (unpaired) electrons. The van der Waals surface area contributed by atoms with Crippen LogP contribution in [0.1, 0.15) is 10.4 Å². The van der Waals surface area contributed by atoms with Gasteiger partial charge >= 0.3 is 0 Å². The largest absolute Gasteiger partial charge is 0.293 e. The Kier molecular flexibility index (Phi) is 4.73. The molecule has 2 aromatic carbocycles. The SMILES string of the molecule is O=C1S/C(=C\c2cc(-c3ccccc3)cs2)C(=O)N1Cc1ccccc1. The van der Waals surface area contributed by atoms with E-state index in [1.807, 2.05) is 60.7 Å². The summed E-state index contributed by atoms with van der Waals surface area (Å²) in [7, 11) is 0. The van der Waals surface area contributed by atoms with Gasteiger partial charge in [0.25, 0.3) is 11.1 Å². The minimum Gasteiger partial charge on any atom is -0.268 e. The molecule has 1 fully saturated rings. The van der Waals surface area contributed by atoms with Gasteiger partial charge in [-0.15, -0.1) is 11.3 Å². The van der Waals surface area contributed by atoms with Crippen LogP contribution in [-0.2, 0) is 11.3 Å². The number of rotatable bonds is 4. The number of benzene rings is 2. The number of amides is 2. The zero-order valence-electron chi connectivity index (χ0n) is 13.8. The van der Waals surface area contributed by atoms with Crippen molar-refractivity contribution < 1.29 is 9.59 Å². The third-order valence-electron chi connectivity index (χ3n) is 4.06. The molecule has 0 unspecified atom stereocenters.